The molecule has 0 fully saturated rings. The molecule has 2 aromatic rings. The van der Waals surface area contributed by atoms with E-state index in [1.54, 1.807) is 26.4 Å². The van der Waals surface area contributed by atoms with Gasteiger partial charge < -0.3 is 9.64 Å². The maximum Gasteiger partial charge on any atom is 0.331 e. The van der Waals surface area contributed by atoms with Crippen LogP contribution in [-0.2, 0) is 14.3 Å². The normalized spacial score (nSPS) is 10.8. The first-order chi connectivity index (χ1) is 10.1. The minimum Gasteiger partial charge on any atom is -0.452 e. The molecule has 108 valence electrons. The van der Waals surface area contributed by atoms with Crippen molar-refractivity contribution in [1.82, 2.24) is 9.88 Å². The first-order valence-corrected chi connectivity index (χ1v) is 6.46. The van der Waals surface area contributed by atoms with Crippen molar-refractivity contribution >= 4 is 28.9 Å². The van der Waals surface area contributed by atoms with Crippen LogP contribution in [0, 0.1) is 0 Å². The number of pyridine rings is 1. The van der Waals surface area contributed by atoms with Crippen LogP contribution in [0.15, 0.2) is 42.6 Å². The first kappa shape index (κ1) is 14.7. The Hall–Kier alpha value is -2.69. The molecule has 0 bridgehead atoms. The number of amides is 1. The van der Waals surface area contributed by atoms with Gasteiger partial charge in [-0.1, -0.05) is 24.3 Å². The number of rotatable bonds is 4. The molecule has 1 aromatic heterocycles. The SMILES string of the molecule is CN(C)C(=O)COC(=O)C=Cc1cccc2cccnc12. The molecule has 0 atom stereocenters. The molecule has 2 rings (SSSR count). The molecule has 1 heterocycles. The van der Waals surface area contributed by atoms with Crippen molar-refractivity contribution in [3.8, 4) is 0 Å². The fourth-order valence-electron chi connectivity index (χ4n) is 1.73. The van der Waals surface area contributed by atoms with E-state index >= 15 is 0 Å². The molecule has 21 heavy (non-hydrogen) atoms. The Kier molecular flexibility index (Phi) is 4.66. The van der Waals surface area contributed by atoms with Crippen molar-refractivity contribution in [1.29, 1.82) is 0 Å². The Bertz CT molecular complexity index is 687. The zero-order valence-electron chi connectivity index (χ0n) is 11.9. The van der Waals surface area contributed by atoms with E-state index in [1.165, 1.54) is 11.0 Å². The summed E-state index contributed by atoms with van der Waals surface area (Å²) < 4.78 is 4.86. The number of nitrogens with zero attached hydrogens (tertiary/aromatic N) is 2. The number of benzene rings is 1. The van der Waals surface area contributed by atoms with Crippen LogP contribution >= 0.6 is 0 Å². The van der Waals surface area contributed by atoms with E-state index in [9.17, 15) is 9.59 Å². The van der Waals surface area contributed by atoms with Crippen LogP contribution in [0.3, 0.4) is 0 Å². The molecule has 0 radical (unpaired) electrons. The summed E-state index contributed by atoms with van der Waals surface area (Å²) in [4.78, 5) is 28.5. The fraction of sp³-hybridized carbons (Fsp3) is 0.188. The number of esters is 1. The minimum absolute atomic E-state index is 0.260. The summed E-state index contributed by atoms with van der Waals surface area (Å²) in [6, 6.07) is 9.52. The van der Waals surface area contributed by atoms with Gasteiger partial charge in [-0.3, -0.25) is 9.78 Å². The van der Waals surface area contributed by atoms with Crippen LogP contribution in [-0.4, -0.2) is 42.5 Å². The van der Waals surface area contributed by atoms with Crippen molar-refractivity contribution in [2.75, 3.05) is 20.7 Å². The van der Waals surface area contributed by atoms with Crippen molar-refractivity contribution in [2.45, 2.75) is 0 Å². The maximum absolute atomic E-state index is 11.6. The largest absolute Gasteiger partial charge is 0.452 e. The molecule has 0 aliphatic heterocycles. The summed E-state index contributed by atoms with van der Waals surface area (Å²) >= 11 is 0. The van der Waals surface area contributed by atoms with Gasteiger partial charge in [-0.2, -0.15) is 0 Å². The van der Waals surface area contributed by atoms with E-state index in [1.807, 2.05) is 30.3 Å². The van der Waals surface area contributed by atoms with Crippen LogP contribution in [0.4, 0.5) is 0 Å². The summed E-state index contributed by atoms with van der Waals surface area (Å²) in [5.74, 6) is -0.818. The van der Waals surface area contributed by atoms with E-state index in [-0.39, 0.29) is 12.5 Å². The molecule has 5 nitrogen and oxygen atoms in total. The molecular formula is C16H16N2O3. The van der Waals surface area contributed by atoms with Crippen molar-refractivity contribution in [2.24, 2.45) is 0 Å². The van der Waals surface area contributed by atoms with Crippen LogP contribution in [0.1, 0.15) is 5.56 Å². The van der Waals surface area contributed by atoms with E-state index in [0.29, 0.717) is 0 Å². The Morgan fingerprint density at radius 2 is 2.00 bits per heavy atom. The Balaban J connectivity index is 2.06. The molecule has 0 aliphatic rings. The number of hydrogen-bond donors (Lipinski definition) is 0. The third-order valence-corrected chi connectivity index (χ3v) is 2.90. The van der Waals surface area contributed by atoms with Gasteiger partial charge in [0.15, 0.2) is 6.61 Å². The molecule has 0 saturated heterocycles. The predicted molar refractivity (Wildman–Crippen MR) is 80.4 cm³/mol. The summed E-state index contributed by atoms with van der Waals surface area (Å²) in [6.45, 7) is -0.260. The number of para-hydroxylation sites is 1. The zero-order valence-corrected chi connectivity index (χ0v) is 11.9. The van der Waals surface area contributed by atoms with Crippen LogP contribution in [0.5, 0.6) is 0 Å². The Morgan fingerprint density at radius 3 is 2.76 bits per heavy atom. The smallest absolute Gasteiger partial charge is 0.331 e. The molecule has 0 aliphatic carbocycles. The van der Waals surface area contributed by atoms with E-state index in [0.717, 1.165) is 16.5 Å². The van der Waals surface area contributed by atoms with Gasteiger partial charge in [0.05, 0.1) is 5.52 Å². The maximum atomic E-state index is 11.6. The van der Waals surface area contributed by atoms with Gasteiger partial charge in [-0.15, -0.1) is 0 Å². The monoisotopic (exact) mass is 284 g/mol. The highest BCUT2D eigenvalue weighted by Gasteiger charge is 2.06. The molecule has 1 amide bonds. The predicted octanol–water partition coefficient (Wildman–Crippen LogP) is 1.88. The minimum atomic E-state index is -0.557. The average Bonchev–Trinajstić information content (AvgIpc) is 2.50. The van der Waals surface area contributed by atoms with Gasteiger partial charge in [0.1, 0.15) is 0 Å². The average molecular weight is 284 g/mol. The standard InChI is InChI=1S/C16H16N2O3/c1-18(2)14(19)11-21-15(20)9-8-13-6-3-5-12-7-4-10-17-16(12)13/h3-10H,11H2,1-2H3. The van der Waals surface area contributed by atoms with Gasteiger partial charge in [-0.25, -0.2) is 4.79 Å². The Labute approximate surface area is 122 Å². The quantitative estimate of drug-likeness (QED) is 0.635. The number of fused-ring (bicyclic) bond motifs is 1. The summed E-state index contributed by atoms with van der Waals surface area (Å²) in [5, 5.41) is 0.996. The molecule has 0 N–H and O–H groups in total. The van der Waals surface area contributed by atoms with Crippen LogP contribution < -0.4 is 0 Å². The molecule has 0 saturated carbocycles. The second-order valence-electron chi connectivity index (χ2n) is 4.65. The van der Waals surface area contributed by atoms with Crippen LogP contribution in [0.25, 0.3) is 17.0 Å². The lowest BCUT2D eigenvalue weighted by Crippen LogP contribution is -2.27. The fourth-order valence-corrected chi connectivity index (χ4v) is 1.73. The lowest BCUT2D eigenvalue weighted by atomic mass is 10.1. The molecule has 5 heteroatoms. The molecule has 0 unspecified atom stereocenters. The number of carbonyl (C=O) groups is 2. The number of carbonyl (C=O) groups excluding carboxylic acids is 2. The lowest BCUT2D eigenvalue weighted by molar-refractivity contribution is -0.146. The molecular weight excluding hydrogens is 268 g/mol. The topological polar surface area (TPSA) is 59.5 Å². The third-order valence-electron chi connectivity index (χ3n) is 2.90. The number of likely N-dealkylation sites (N-methyl/N-ethyl adjacent to an activating group) is 1. The van der Waals surface area contributed by atoms with Gasteiger partial charge in [0.2, 0.25) is 0 Å². The second-order valence-corrected chi connectivity index (χ2v) is 4.65. The van der Waals surface area contributed by atoms with Gasteiger partial charge in [0, 0.05) is 37.3 Å². The second kappa shape index (κ2) is 6.65. The van der Waals surface area contributed by atoms with Crippen LogP contribution in [0.2, 0.25) is 0 Å². The third kappa shape index (κ3) is 3.89. The van der Waals surface area contributed by atoms with E-state index in [4.69, 9.17) is 4.74 Å². The summed E-state index contributed by atoms with van der Waals surface area (Å²) in [7, 11) is 3.21. The number of aromatic nitrogens is 1. The van der Waals surface area contributed by atoms with E-state index < -0.39 is 5.97 Å². The molecule has 1 aromatic carbocycles. The van der Waals surface area contributed by atoms with Gasteiger partial charge >= 0.3 is 5.97 Å². The van der Waals surface area contributed by atoms with Gasteiger partial charge in [-0.05, 0) is 12.1 Å². The summed E-state index contributed by atoms with van der Waals surface area (Å²) in [6.07, 6.45) is 4.64. The van der Waals surface area contributed by atoms with E-state index in [2.05, 4.69) is 4.98 Å². The highest BCUT2D eigenvalue weighted by molar-refractivity contribution is 5.93. The number of ether oxygens (including phenoxy) is 1. The highest BCUT2D eigenvalue weighted by Crippen LogP contribution is 2.17. The summed E-state index contributed by atoms with van der Waals surface area (Å²) in [5.41, 5.74) is 1.64. The van der Waals surface area contributed by atoms with Crippen molar-refractivity contribution < 1.29 is 14.3 Å². The Morgan fingerprint density at radius 1 is 1.24 bits per heavy atom. The van der Waals surface area contributed by atoms with Crippen molar-refractivity contribution in [3.05, 3.63) is 48.2 Å². The van der Waals surface area contributed by atoms with Crippen molar-refractivity contribution in [3.63, 3.8) is 0 Å². The number of hydrogen-bond acceptors (Lipinski definition) is 4. The first-order valence-electron chi connectivity index (χ1n) is 6.46. The highest BCUT2D eigenvalue weighted by atomic mass is 16.5. The lowest BCUT2D eigenvalue weighted by Gasteiger charge is -2.09. The molecule has 0 spiro atoms. The zero-order chi connectivity index (χ0) is 15.2. The van der Waals surface area contributed by atoms with Gasteiger partial charge in [0.25, 0.3) is 5.91 Å².